The predicted octanol–water partition coefficient (Wildman–Crippen LogP) is 1.58. The minimum atomic E-state index is -2.79. The summed E-state index contributed by atoms with van der Waals surface area (Å²) >= 11 is 0. The van der Waals surface area contributed by atoms with E-state index in [0.29, 0.717) is 19.1 Å². The molecule has 1 amide bonds. The number of carbonyl (C=O) groups is 1. The number of alkyl halides is 2. The molecule has 0 aromatic heterocycles. The van der Waals surface area contributed by atoms with E-state index in [-0.39, 0.29) is 12.3 Å². The second-order valence-corrected chi connectivity index (χ2v) is 5.64. The average molecular weight is 246 g/mol. The van der Waals surface area contributed by atoms with Gasteiger partial charge in [-0.2, -0.15) is 0 Å². The molecule has 3 nitrogen and oxygen atoms in total. The third kappa shape index (κ3) is 2.05. The van der Waals surface area contributed by atoms with Crippen LogP contribution in [0.5, 0.6) is 0 Å². The highest BCUT2D eigenvalue weighted by atomic mass is 19.3. The van der Waals surface area contributed by atoms with Crippen LogP contribution in [-0.2, 0) is 4.79 Å². The maximum Gasteiger partial charge on any atom is 0.263 e. The van der Waals surface area contributed by atoms with Gasteiger partial charge in [0.2, 0.25) is 5.91 Å². The molecule has 1 atom stereocenters. The van der Waals surface area contributed by atoms with E-state index in [4.69, 9.17) is 0 Å². The zero-order valence-electron chi connectivity index (χ0n) is 10.7. The number of amides is 1. The molecule has 0 aromatic rings. The zero-order valence-corrected chi connectivity index (χ0v) is 10.7. The third-order valence-electron chi connectivity index (χ3n) is 4.06. The second-order valence-electron chi connectivity index (χ2n) is 5.64. The molecule has 5 heteroatoms. The highest BCUT2D eigenvalue weighted by Gasteiger charge is 2.73. The summed E-state index contributed by atoms with van der Waals surface area (Å²) < 4.78 is 26.3. The SMILES string of the molecule is CC(C)N1CCN(C(=O)[C@@]2(C)CC2(F)F)CC1. The van der Waals surface area contributed by atoms with E-state index in [0.717, 1.165) is 13.1 Å². The van der Waals surface area contributed by atoms with E-state index in [1.807, 2.05) is 0 Å². The Bertz CT molecular complexity index is 324. The summed E-state index contributed by atoms with van der Waals surface area (Å²) in [5.74, 6) is -3.16. The first-order valence-electron chi connectivity index (χ1n) is 6.19. The van der Waals surface area contributed by atoms with Crippen molar-refractivity contribution in [3.05, 3.63) is 0 Å². The van der Waals surface area contributed by atoms with E-state index < -0.39 is 11.3 Å². The third-order valence-corrected chi connectivity index (χ3v) is 4.06. The van der Waals surface area contributed by atoms with Crippen molar-refractivity contribution in [2.45, 2.75) is 39.2 Å². The molecule has 0 unspecified atom stereocenters. The summed E-state index contributed by atoms with van der Waals surface area (Å²) in [4.78, 5) is 15.9. The molecule has 1 saturated heterocycles. The van der Waals surface area contributed by atoms with Crippen molar-refractivity contribution in [1.29, 1.82) is 0 Å². The van der Waals surface area contributed by atoms with E-state index in [1.165, 1.54) is 6.92 Å². The normalized spacial score (nSPS) is 32.9. The average Bonchev–Trinajstić information content (AvgIpc) is 2.78. The summed E-state index contributed by atoms with van der Waals surface area (Å²) in [5, 5.41) is 0. The Hall–Kier alpha value is -0.710. The molecule has 0 bridgehead atoms. The molecule has 2 fully saturated rings. The van der Waals surface area contributed by atoms with Crippen molar-refractivity contribution in [1.82, 2.24) is 9.80 Å². The van der Waals surface area contributed by atoms with Crippen molar-refractivity contribution < 1.29 is 13.6 Å². The molecule has 2 rings (SSSR count). The van der Waals surface area contributed by atoms with Crippen LogP contribution in [0.3, 0.4) is 0 Å². The predicted molar refractivity (Wildman–Crippen MR) is 61.0 cm³/mol. The smallest absolute Gasteiger partial charge is 0.263 e. The summed E-state index contributed by atoms with van der Waals surface area (Å²) in [6.07, 6.45) is -0.288. The molecular formula is C12H20F2N2O. The van der Waals surface area contributed by atoms with Crippen LogP contribution in [-0.4, -0.2) is 53.9 Å². The minimum Gasteiger partial charge on any atom is -0.339 e. The van der Waals surface area contributed by atoms with Crippen LogP contribution in [0.15, 0.2) is 0 Å². The first kappa shape index (κ1) is 12.7. The van der Waals surface area contributed by atoms with Crippen LogP contribution in [0.4, 0.5) is 8.78 Å². The van der Waals surface area contributed by atoms with Crippen LogP contribution in [0.1, 0.15) is 27.2 Å². The van der Waals surface area contributed by atoms with Gasteiger partial charge in [0.15, 0.2) is 0 Å². The number of hydrogen-bond acceptors (Lipinski definition) is 2. The lowest BCUT2D eigenvalue weighted by atomic mass is 10.1. The first-order chi connectivity index (χ1) is 7.78. The van der Waals surface area contributed by atoms with Gasteiger partial charge in [-0.15, -0.1) is 0 Å². The fraction of sp³-hybridized carbons (Fsp3) is 0.917. The van der Waals surface area contributed by atoms with Crippen molar-refractivity contribution >= 4 is 5.91 Å². The molecular weight excluding hydrogens is 226 g/mol. The van der Waals surface area contributed by atoms with Gasteiger partial charge < -0.3 is 4.90 Å². The van der Waals surface area contributed by atoms with Crippen molar-refractivity contribution in [3.63, 3.8) is 0 Å². The number of hydrogen-bond donors (Lipinski definition) is 0. The van der Waals surface area contributed by atoms with Gasteiger partial charge in [-0.25, -0.2) is 8.78 Å². The maximum atomic E-state index is 13.1. The lowest BCUT2D eigenvalue weighted by Crippen LogP contribution is -2.52. The van der Waals surface area contributed by atoms with Crippen LogP contribution in [0.25, 0.3) is 0 Å². The summed E-state index contributed by atoms with van der Waals surface area (Å²) in [5.41, 5.74) is -1.42. The summed E-state index contributed by atoms with van der Waals surface area (Å²) in [7, 11) is 0. The van der Waals surface area contributed by atoms with Gasteiger partial charge in [0, 0.05) is 38.6 Å². The standard InChI is InChI=1S/C12H20F2N2O/c1-9(2)15-4-6-16(7-5-15)10(17)11(3)8-12(11,13)14/h9H,4-8H2,1-3H3/t11-/m1/s1. The largest absolute Gasteiger partial charge is 0.339 e. The van der Waals surface area contributed by atoms with Crippen LogP contribution in [0.2, 0.25) is 0 Å². The Labute approximate surface area is 101 Å². The molecule has 0 spiro atoms. The van der Waals surface area contributed by atoms with Crippen molar-refractivity contribution in [3.8, 4) is 0 Å². The van der Waals surface area contributed by atoms with Crippen LogP contribution in [0, 0.1) is 5.41 Å². The number of nitrogens with zero attached hydrogens (tertiary/aromatic N) is 2. The molecule has 98 valence electrons. The molecule has 1 aliphatic heterocycles. The molecule has 1 aliphatic carbocycles. The van der Waals surface area contributed by atoms with E-state index in [1.54, 1.807) is 4.90 Å². The monoisotopic (exact) mass is 246 g/mol. The second kappa shape index (κ2) is 3.90. The summed E-state index contributed by atoms with van der Waals surface area (Å²) in [6.45, 7) is 8.30. The number of carbonyl (C=O) groups excluding carboxylic acids is 1. The number of rotatable bonds is 2. The summed E-state index contributed by atoms with van der Waals surface area (Å²) in [6, 6.07) is 0.449. The van der Waals surface area contributed by atoms with Gasteiger partial charge >= 0.3 is 0 Å². The Morgan fingerprint density at radius 1 is 1.18 bits per heavy atom. The number of piperazine rings is 1. The lowest BCUT2D eigenvalue weighted by Gasteiger charge is -2.38. The molecule has 2 aliphatic rings. The zero-order chi connectivity index (χ0) is 12.8. The quantitative estimate of drug-likeness (QED) is 0.738. The van der Waals surface area contributed by atoms with Crippen LogP contribution < -0.4 is 0 Å². The fourth-order valence-corrected chi connectivity index (χ4v) is 2.42. The molecule has 1 heterocycles. The minimum absolute atomic E-state index is 0.288. The van der Waals surface area contributed by atoms with Crippen LogP contribution >= 0.6 is 0 Å². The molecule has 17 heavy (non-hydrogen) atoms. The van der Waals surface area contributed by atoms with E-state index in [9.17, 15) is 13.6 Å². The first-order valence-corrected chi connectivity index (χ1v) is 6.19. The Kier molecular flexibility index (Phi) is 2.92. The molecule has 0 N–H and O–H groups in total. The van der Waals surface area contributed by atoms with Gasteiger partial charge in [0.05, 0.1) is 0 Å². The van der Waals surface area contributed by atoms with Gasteiger partial charge in [-0.05, 0) is 20.8 Å². The Balaban J connectivity index is 1.92. The van der Waals surface area contributed by atoms with Gasteiger partial charge in [0.25, 0.3) is 5.92 Å². The Morgan fingerprint density at radius 2 is 1.65 bits per heavy atom. The van der Waals surface area contributed by atoms with Crippen molar-refractivity contribution in [2.75, 3.05) is 26.2 Å². The molecule has 0 aromatic carbocycles. The van der Waals surface area contributed by atoms with Crippen molar-refractivity contribution in [2.24, 2.45) is 5.41 Å². The van der Waals surface area contributed by atoms with Gasteiger partial charge in [0.1, 0.15) is 5.41 Å². The lowest BCUT2D eigenvalue weighted by molar-refractivity contribution is -0.142. The van der Waals surface area contributed by atoms with Gasteiger partial charge in [-0.1, -0.05) is 0 Å². The highest BCUT2D eigenvalue weighted by Crippen LogP contribution is 2.61. The van der Waals surface area contributed by atoms with E-state index >= 15 is 0 Å². The maximum absolute atomic E-state index is 13.1. The van der Waals surface area contributed by atoms with Gasteiger partial charge in [-0.3, -0.25) is 9.69 Å². The number of halogens is 2. The topological polar surface area (TPSA) is 23.6 Å². The Morgan fingerprint density at radius 3 is 2.00 bits per heavy atom. The fourth-order valence-electron chi connectivity index (χ4n) is 2.42. The molecule has 1 saturated carbocycles. The van der Waals surface area contributed by atoms with E-state index in [2.05, 4.69) is 18.7 Å². The highest BCUT2D eigenvalue weighted by molar-refractivity contribution is 5.87. The molecule has 0 radical (unpaired) electrons.